The van der Waals surface area contributed by atoms with Crippen LogP contribution in [0.15, 0.2) is 24.3 Å². The lowest BCUT2D eigenvalue weighted by Crippen LogP contribution is -2.01. The predicted molar refractivity (Wildman–Crippen MR) is 59.7 cm³/mol. The second kappa shape index (κ2) is 6.18. The summed E-state index contributed by atoms with van der Waals surface area (Å²) in [7, 11) is 1.64. The van der Waals surface area contributed by atoms with Gasteiger partial charge < -0.3 is 4.74 Å². The van der Waals surface area contributed by atoms with Crippen molar-refractivity contribution in [3.8, 4) is 0 Å². The summed E-state index contributed by atoms with van der Waals surface area (Å²) in [5, 5.41) is 0. The molecule has 0 aromatic heterocycles. The summed E-state index contributed by atoms with van der Waals surface area (Å²) in [6, 6.07) is 7.14. The van der Waals surface area contributed by atoms with Gasteiger partial charge in [0.15, 0.2) is 0 Å². The van der Waals surface area contributed by atoms with E-state index >= 15 is 0 Å². The molecule has 0 heterocycles. The van der Waals surface area contributed by atoms with E-state index in [9.17, 15) is 8.78 Å². The fourth-order valence-electron chi connectivity index (χ4n) is 1.23. The molecular weight excluding hydrogens is 266 g/mol. The first-order valence-electron chi connectivity index (χ1n) is 4.65. The van der Waals surface area contributed by atoms with Crippen LogP contribution in [0.4, 0.5) is 8.78 Å². The third-order valence-electron chi connectivity index (χ3n) is 2.11. The molecule has 0 radical (unpaired) electrons. The van der Waals surface area contributed by atoms with Gasteiger partial charge in [-0.2, -0.15) is 0 Å². The van der Waals surface area contributed by atoms with Gasteiger partial charge in [0.1, 0.15) is 4.83 Å². The van der Waals surface area contributed by atoms with Crippen LogP contribution in [0.25, 0.3) is 0 Å². The molecule has 1 unspecified atom stereocenters. The van der Waals surface area contributed by atoms with Crippen LogP contribution in [0.5, 0.6) is 0 Å². The first-order chi connectivity index (χ1) is 7.15. The molecule has 0 aliphatic heterocycles. The SMILES string of the molecule is COCCc1ccc(C(Br)C(F)F)cc1. The van der Waals surface area contributed by atoms with Crippen molar-refractivity contribution in [1.82, 2.24) is 0 Å². The van der Waals surface area contributed by atoms with Gasteiger partial charge in [0.2, 0.25) is 0 Å². The second-order valence-corrected chi connectivity index (χ2v) is 4.21. The van der Waals surface area contributed by atoms with Crippen molar-refractivity contribution in [2.24, 2.45) is 0 Å². The zero-order valence-corrected chi connectivity index (χ0v) is 10.0. The molecule has 15 heavy (non-hydrogen) atoms. The Morgan fingerprint density at radius 1 is 1.27 bits per heavy atom. The Kier molecular flexibility index (Phi) is 5.19. The maximum absolute atomic E-state index is 12.4. The highest BCUT2D eigenvalue weighted by Crippen LogP contribution is 2.29. The number of ether oxygens (including phenoxy) is 1. The predicted octanol–water partition coefficient (Wildman–Crippen LogP) is 3.58. The van der Waals surface area contributed by atoms with Crippen molar-refractivity contribution in [3.05, 3.63) is 35.4 Å². The molecule has 0 amide bonds. The van der Waals surface area contributed by atoms with Crippen molar-refractivity contribution in [2.45, 2.75) is 17.7 Å². The molecule has 0 spiro atoms. The Labute approximate surface area is 96.6 Å². The molecule has 0 fully saturated rings. The Hall–Kier alpha value is -0.480. The van der Waals surface area contributed by atoms with Gasteiger partial charge in [-0.15, -0.1) is 0 Å². The van der Waals surface area contributed by atoms with E-state index in [0.717, 1.165) is 12.0 Å². The molecule has 1 atom stereocenters. The van der Waals surface area contributed by atoms with Gasteiger partial charge in [-0.3, -0.25) is 0 Å². The quantitative estimate of drug-likeness (QED) is 0.749. The second-order valence-electron chi connectivity index (χ2n) is 3.22. The molecule has 84 valence electrons. The van der Waals surface area contributed by atoms with Crippen LogP contribution in [0.3, 0.4) is 0 Å². The topological polar surface area (TPSA) is 9.23 Å². The molecule has 0 saturated heterocycles. The van der Waals surface area contributed by atoms with E-state index < -0.39 is 11.3 Å². The normalized spacial score (nSPS) is 13.1. The van der Waals surface area contributed by atoms with Crippen LogP contribution < -0.4 is 0 Å². The molecule has 1 aromatic carbocycles. The highest BCUT2D eigenvalue weighted by molar-refractivity contribution is 9.09. The smallest absolute Gasteiger partial charge is 0.255 e. The van der Waals surface area contributed by atoms with E-state index in [1.54, 1.807) is 19.2 Å². The van der Waals surface area contributed by atoms with Gasteiger partial charge >= 0.3 is 0 Å². The van der Waals surface area contributed by atoms with Crippen molar-refractivity contribution < 1.29 is 13.5 Å². The minimum atomic E-state index is -2.38. The molecule has 0 saturated carbocycles. The number of hydrogen-bond acceptors (Lipinski definition) is 1. The molecule has 4 heteroatoms. The Balaban J connectivity index is 2.63. The van der Waals surface area contributed by atoms with Gasteiger partial charge in [0.05, 0.1) is 6.61 Å². The van der Waals surface area contributed by atoms with Crippen molar-refractivity contribution in [1.29, 1.82) is 0 Å². The molecule has 1 rings (SSSR count). The van der Waals surface area contributed by atoms with Crippen LogP contribution in [0.1, 0.15) is 16.0 Å². The van der Waals surface area contributed by atoms with Gasteiger partial charge in [-0.1, -0.05) is 40.2 Å². The first kappa shape index (κ1) is 12.6. The Morgan fingerprint density at radius 2 is 1.87 bits per heavy atom. The molecule has 0 aliphatic carbocycles. The summed E-state index contributed by atoms with van der Waals surface area (Å²) in [6.07, 6.45) is -1.58. The summed E-state index contributed by atoms with van der Waals surface area (Å²) in [6.45, 7) is 0.645. The monoisotopic (exact) mass is 278 g/mol. The standard InChI is InChI=1S/C11H13BrF2O/c1-15-7-6-8-2-4-9(5-3-8)10(12)11(13)14/h2-5,10-11H,6-7H2,1H3. The molecule has 1 nitrogen and oxygen atoms in total. The maximum Gasteiger partial charge on any atom is 0.255 e. The summed E-state index contributed by atoms with van der Waals surface area (Å²) in [4.78, 5) is -0.881. The molecule has 1 aromatic rings. The van der Waals surface area contributed by atoms with Crippen LogP contribution in [-0.2, 0) is 11.2 Å². The van der Waals surface area contributed by atoms with E-state index in [0.29, 0.717) is 12.2 Å². The minimum absolute atomic E-state index is 0.603. The highest BCUT2D eigenvalue weighted by atomic mass is 79.9. The van der Waals surface area contributed by atoms with Gasteiger partial charge in [0, 0.05) is 7.11 Å². The number of rotatable bonds is 5. The van der Waals surface area contributed by atoms with Gasteiger partial charge in [-0.05, 0) is 17.5 Å². The molecule has 0 N–H and O–H groups in total. The van der Waals surface area contributed by atoms with Gasteiger partial charge in [0.25, 0.3) is 6.43 Å². The van der Waals surface area contributed by atoms with Crippen LogP contribution in [-0.4, -0.2) is 20.1 Å². The molecule has 0 bridgehead atoms. The van der Waals surface area contributed by atoms with E-state index in [4.69, 9.17) is 4.74 Å². The largest absolute Gasteiger partial charge is 0.384 e. The van der Waals surface area contributed by atoms with E-state index in [1.807, 2.05) is 12.1 Å². The van der Waals surface area contributed by atoms with Gasteiger partial charge in [-0.25, -0.2) is 8.78 Å². The summed E-state index contributed by atoms with van der Waals surface area (Å²) < 4.78 is 29.6. The lowest BCUT2D eigenvalue weighted by molar-refractivity contribution is 0.147. The number of benzene rings is 1. The molecular formula is C11H13BrF2O. The lowest BCUT2D eigenvalue weighted by atomic mass is 10.1. The first-order valence-corrected chi connectivity index (χ1v) is 5.56. The number of halogens is 3. The summed E-state index contributed by atoms with van der Waals surface area (Å²) in [5.41, 5.74) is 1.70. The Bertz CT molecular complexity index is 287. The lowest BCUT2D eigenvalue weighted by Gasteiger charge is -2.09. The number of methoxy groups -OCH3 is 1. The average molecular weight is 279 g/mol. The van der Waals surface area contributed by atoms with Crippen molar-refractivity contribution in [2.75, 3.05) is 13.7 Å². The summed E-state index contributed by atoms with van der Waals surface area (Å²) >= 11 is 2.95. The molecule has 0 aliphatic rings. The fourth-order valence-corrected chi connectivity index (χ4v) is 1.54. The summed E-state index contributed by atoms with van der Waals surface area (Å²) in [5.74, 6) is 0. The fraction of sp³-hybridized carbons (Fsp3) is 0.455. The third-order valence-corrected chi connectivity index (χ3v) is 3.04. The zero-order chi connectivity index (χ0) is 11.3. The van der Waals surface area contributed by atoms with E-state index in [2.05, 4.69) is 15.9 Å². The van der Waals surface area contributed by atoms with E-state index in [-0.39, 0.29) is 0 Å². The Morgan fingerprint density at radius 3 is 2.33 bits per heavy atom. The highest BCUT2D eigenvalue weighted by Gasteiger charge is 2.18. The van der Waals surface area contributed by atoms with E-state index in [1.165, 1.54) is 0 Å². The number of alkyl halides is 3. The number of hydrogen-bond donors (Lipinski definition) is 0. The van der Waals surface area contributed by atoms with Crippen molar-refractivity contribution in [3.63, 3.8) is 0 Å². The minimum Gasteiger partial charge on any atom is -0.384 e. The average Bonchev–Trinajstić information content (AvgIpc) is 2.26. The van der Waals surface area contributed by atoms with Crippen LogP contribution >= 0.6 is 15.9 Å². The maximum atomic E-state index is 12.4. The zero-order valence-electron chi connectivity index (χ0n) is 8.42. The third kappa shape index (κ3) is 3.87. The van der Waals surface area contributed by atoms with Crippen LogP contribution in [0.2, 0.25) is 0 Å². The van der Waals surface area contributed by atoms with Crippen LogP contribution in [0, 0.1) is 0 Å². The van der Waals surface area contributed by atoms with Crippen molar-refractivity contribution >= 4 is 15.9 Å².